The molecule has 0 fully saturated rings. The maximum absolute atomic E-state index is 12.0. The van der Waals surface area contributed by atoms with Crippen LogP contribution in [0.25, 0.3) is 0 Å². The Morgan fingerprint density at radius 3 is 2.33 bits per heavy atom. The van der Waals surface area contributed by atoms with Crippen LogP contribution < -0.4 is 10.0 Å². The molecule has 0 atom stereocenters. The Hall–Kier alpha value is -2.41. The second kappa shape index (κ2) is 5.92. The molecule has 110 valence electrons. The molecule has 0 spiro atoms. The Bertz CT molecular complexity index is 755. The Kier molecular flexibility index (Phi) is 4.23. The summed E-state index contributed by atoms with van der Waals surface area (Å²) in [5.41, 5.74) is 1.65. The van der Waals surface area contributed by atoms with Gasteiger partial charge in [0.1, 0.15) is 5.82 Å². The fourth-order valence-corrected chi connectivity index (χ4v) is 2.56. The van der Waals surface area contributed by atoms with Gasteiger partial charge in [-0.15, -0.1) is 0 Å². The van der Waals surface area contributed by atoms with Crippen LogP contribution in [-0.4, -0.2) is 19.4 Å². The van der Waals surface area contributed by atoms with Gasteiger partial charge in [-0.3, -0.25) is 5.32 Å². The Labute approximate surface area is 123 Å². The molecule has 0 aliphatic rings. The molecule has 0 aliphatic carbocycles. The Balaban J connectivity index is 2.09. The zero-order chi connectivity index (χ0) is 15.5. The topological polar surface area (TPSA) is 88.2 Å². The third-order valence-corrected chi connectivity index (χ3v) is 4.04. The van der Waals surface area contributed by atoms with Crippen molar-refractivity contribution < 1.29 is 13.2 Å². The zero-order valence-corrected chi connectivity index (χ0v) is 12.4. The van der Waals surface area contributed by atoms with Gasteiger partial charge in [-0.1, -0.05) is 23.8 Å². The average Bonchev–Trinajstić information content (AvgIpc) is 2.38. The maximum atomic E-state index is 12.0. The van der Waals surface area contributed by atoms with E-state index in [-0.39, 0.29) is 10.7 Å². The van der Waals surface area contributed by atoms with E-state index in [0.717, 1.165) is 5.56 Å². The molecule has 2 aromatic rings. The summed E-state index contributed by atoms with van der Waals surface area (Å²) in [4.78, 5) is 15.8. The van der Waals surface area contributed by atoms with Crippen LogP contribution >= 0.6 is 0 Å². The minimum atomic E-state index is -3.90. The van der Waals surface area contributed by atoms with E-state index >= 15 is 0 Å². The first kappa shape index (κ1) is 15.0. The highest BCUT2D eigenvalue weighted by atomic mass is 32.2. The SMILES string of the molecule is Cc1ccc(S(=O)(=O)NC(=O)Nc2cccc(C)n2)cc1. The van der Waals surface area contributed by atoms with Crippen LogP contribution in [0, 0.1) is 13.8 Å². The number of benzene rings is 1. The number of hydrogen-bond donors (Lipinski definition) is 2. The number of carbonyl (C=O) groups excluding carboxylic acids is 1. The normalized spacial score (nSPS) is 11.0. The van der Waals surface area contributed by atoms with Gasteiger partial charge in [-0.25, -0.2) is 22.9 Å². The number of aromatic nitrogens is 1. The third kappa shape index (κ3) is 4.03. The van der Waals surface area contributed by atoms with E-state index in [1.165, 1.54) is 12.1 Å². The number of amides is 2. The van der Waals surface area contributed by atoms with Gasteiger partial charge >= 0.3 is 6.03 Å². The van der Waals surface area contributed by atoms with Gasteiger partial charge in [0, 0.05) is 5.69 Å². The van der Waals surface area contributed by atoms with Crippen molar-refractivity contribution in [1.82, 2.24) is 9.71 Å². The molecule has 0 aliphatic heterocycles. The summed E-state index contributed by atoms with van der Waals surface area (Å²) in [5, 5.41) is 2.38. The van der Waals surface area contributed by atoms with Crippen molar-refractivity contribution in [2.45, 2.75) is 18.7 Å². The Morgan fingerprint density at radius 2 is 1.71 bits per heavy atom. The van der Waals surface area contributed by atoms with Crippen LogP contribution in [-0.2, 0) is 10.0 Å². The van der Waals surface area contributed by atoms with Gasteiger partial charge in [-0.05, 0) is 38.1 Å². The molecule has 6 nitrogen and oxygen atoms in total. The smallest absolute Gasteiger partial charge is 0.292 e. The summed E-state index contributed by atoms with van der Waals surface area (Å²) in [6, 6.07) is 10.4. The summed E-state index contributed by atoms with van der Waals surface area (Å²) in [5.74, 6) is 0.284. The van der Waals surface area contributed by atoms with Crippen molar-refractivity contribution in [3.63, 3.8) is 0 Å². The van der Waals surface area contributed by atoms with E-state index in [9.17, 15) is 13.2 Å². The molecular formula is C14H15N3O3S. The van der Waals surface area contributed by atoms with Crippen molar-refractivity contribution in [1.29, 1.82) is 0 Å². The largest absolute Gasteiger partial charge is 0.334 e. The summed E-state index contributed by atoms with van der Waals surface area (Å²) >= 11 is 0. The van der Waals surface area contributed by atoms with Gasteiger partial charge < -0.3 is 0 Å². The second-order valence-corrected chi connectivity index (χ2v) is 6.22. The number of nitrogens with zero attached hydrogens (tertiary/aromatic N) is 1. The van der Waals surface area contributed by atoms with Crippen LogP contribution in [0.4, 0.5) is 10.6 Å². The molecule has 2 amide bonds. The van der Waals surface area contributed by atoms with E-state index in [1.54, 1.807) is 37.3 Å². The standard InChI is InChI=1S/C14H15N3O3S/c1-10-6-8-12(9-7-10)21(19,20)17-14(18)16-13-5-3-4-11(2)15-13/h3-9H,1-2H3,(H2,15,16,17,18). The van der Waals surface area contributed by atoms with Gasteiger partial charge in [-0.2, -0.15) is 0 Å². The zero-order valence-electron chi connectivity index (χ0n) is 11.6. The lowest BCUT2D eigenvalue weighted by molar-refractivity contribution is 0.256. The van der Waals surface area contributed by atoms with E-state index in [4.69, 9.17) is 0 Å². The van der Waals surface area contributed by atoms with Crippen LogP contribution in [0.2, 0.25) is 0 Å². The summed E-state index contributed by atoms with van der Waals surface area (Å²) in [6.07, 6.45) is 0. The molecule has 1 aromatic carbocycles. The summed E-state index contributed by atoms with van der Waals surface area (Å²) < 4.78 is 26.0. The van der Waals surface area contributed by atoms with Crippen LogP contribution in [0.3, 0.4) is 0 Å². The number of rotatable bonds is 3. The highest BCUT2D eigenvalue weighted by molar-refractivity contribution is 7.90. The van der Waals surface area contributed by atoms with Crippen LogP contribution in [0.5, 0.6) is 0 Å². The number of aryl methyl sites for hydroxylation is 2. The summed E-state index contributed by atoms with van der Waals surface area (Å²) in [6.45, 7) is 3.62. The Morgan fingerprint density at radius 1 is 1.05 bits per heavy atom. The monoisotopic (exact) mass is 305 g/mol. The van der Waals surface area contributed by atoms with E-state index in [0.29, 0.717) is 5.69 Å². The highest BCUT2D eigenvalue weighted by Crippen LogP contribution is 2.10. The molecule has 1 aromatic heterocycles. The lowest BCUT2D eigenvalue weighted by Crippen LogP contribution is -2.34. The lowest BCUT2D eigenvalue weighted by Gasteiger charge is -2.08. The first-order valence-electron chi connectivity index (χ1n) is 6.21. The third-order valence-electron chi connectivity index (χ3n) is 2.69. The van der Waals surface area contributed by atoms with Gasteiger partial charge in [0.05, 0.1) is 4.90 Å². The minimum absolute atomic E-state index is 0.0282. The predicted molar refractivity (Wildman–Crippen MR) is 79.5 cm³/mol. The summed E-state index contributed by atoms with van der Waals surface area (Å²) in [7, 11) is -3.90. The molecule has 0 saturated carbocycles. The molecular weight excluding hydrogens is 290 g/mol. The number of pyridine rings is 1. The second-order valence-electron chi connectivity index (χ2n) is 4.54. The molecule has 0 unspecified atom stereocenters. The number of urea groups is 1. The number of hydrogen-bond acceptors (Lipinski definition) is 4. The first-order valence-corrected chi connectivity index (χ1v) is 7.69. The van der Waals surface area contributed by atoms with E-state index < -0.39 is 16.1 Å². The number of anilines is 1. The molecule has 2 N–H and O–H groups in total. The predicted octanol–water partition coefficient (Wildman–Crippen LogP) is 2.21. The molecule has 1 heterocycles. The van der Waals surface area contributed by atoms with Crippen molar-refractivity contribution in [3.05, 3.63) is 53.7 Å². The quantitative estimate of drug-likeness (QED) is 0.910. The van der Waals surface area contributed by atoms with Crippen molar-refractivity contribution in [2.75, 3.05) is 5.32 Å². The van der Waals surface area contributed by atoms with Crippen molar-refractivity contribution in [3.8, 4) is 0 Å². The molecule has 0 bridgehead atoms. The van der Waals surface area contributed by atoms with Gasteiger partial charge in [0.15, 0.2) is 0 Å². The lowest BCUT2D eigenvalue weighted by atomic mass is 10.2. The molecule has 7 heteroatoms. The van der Waals surface area contributed by atoms with Crippen LogP contribution in [0.1, 0.15) is 11.3 Å². The maximum Gasteiger partial charge on any atom is 0.334 e. The average molecular weight is 305 g/mol. The van der Waals surface area contributed by atoms with E-state index in [2.05, 4.69) is 10.3 Å². The molecule has 0 saturated heterocycles. The molecule has 21 heavy (non-hydrogen) atoms. The fourth-order valence-electron chi connectivity index (χ4n) is 1.65. The fraction of sp³-hybridized carbons (Fsp3) is 0.143. The van der Waals surface area contributed by atoms with E-state index in [1.807, 2.05) is 11.6 Å². The van der Waals surface area contributed by atoms with Gasteiger partial charge in [0.25, 0.3) is 10.0 Å². The minimum Gasteiger partial charge on any atom is -0.292 e. The molecule has 2 rings (SSSR count). The first-order chi connectivity index (χ1) is 9.87. The highest BCUT2D eigenvalue weighted by Gasteiger charge is 2.17. The van der Waals surface area contributed by atoms with Gasteiger partial charge in [0.2, 0.25) is 0 Å². The van der Waals surface area contributed by atoms with Crippen molar-refractivity contribution >= 4 is 21.9 Å². The number of carbonyl (C=O) groups is 1. The van der Waals surface area contributed by atoms with Crippen molar-refractivity contribution in [2.24, 2.45) is 0 Å². The molecule has 0 radical (unpaired) electrons. The van der Waals surface area contributed by atoms with Crippen LogP contribution in [0.15, 0.2) is 47.4 Å². The number of nitrogens with one attached hydrogen (secondary N) is 2. The number of sulfonamides is 1.